The maximum absolute atomic E-state index is 14.0. The Morgan fingerprint density at radius 1 is 1.43 bits per heavy atom. The summed E-state index contributed by atoms with van der Waals surface area (Å²) in [6.45, 7) is 2.02. The molecule has 1 amide bonds. The lowest BCUT2D eigenvalue weighted by Crippen LogP contribution is -2.34. The molecule has 0 saturated carbocycles. The molecule has 0 aliphatic heterocycles. The van der Waals surface area contributed by atoms with Gasteiger partial charge in [-0.3, -0.25) is 4.79 Å². The number of hydrogen-bond donors (Lipinski definition) is 1. The summed E-state index contributed by atoms with van der Waals surface area (Å²) in [5.41, 5.74) is -0.724. The molecule has 0 aliphatic carbocycles. The van der Waals surface area contributed by atoms with Gasteiger partial charge in [-0.1, -0.05) is 0 Å². The summed E-state index contributed by atoms with van der Waals surface area (Å²) in [4.78, 5) is 10.8. The molecule has 0 spiro atoms. The van der Waals surface area contributed by atoms with Gasteiger partial charge in [0.15, 0.2) is 5.82 Å². The minimum absolute atomic E-state index is 0.365. The van der Waals surface area contributed by atoms with Crippen LogP contribution in [-0.4, -0.2) is 34.1 Å². The smallest absolute Gasteiger partial charge is 0.264 e. The van der Waals surface area contributed by atoms with Gasteiger partial charge in [-0.2, -0.15) is 0 Å². The third-order valence-electron chi connectivity index (χ3n) is 2.64. The maximum Gasteiger partial charge on any atom is 0.264 e. The van der Waals surface area contributed by atoms with E-state index in [0.29, 0.717) is 25.2 Å². The zero-order valence-electron chi connectivity index (χ0n) is 11.3. The average Bonchev–Trinajstić information content (AvgIpc) is 2.37. The number of ether oxygens (including phenoxy) is 1. The van der Waals surface area contributed by atoms with Crippen molar-refractivity contribution >= 4 is 25.6 Å². The number of halogens is 3. The SMILES string of the molecule is COCCC(C)NC(=O)c1cc(F)cc(S(=O)(=O)Cl)c1F. The Morgan fingerprint density at radius 3 is 2.57 bits per heavy atom. The largest absolute Gasteiger partial charge is 0.385 e. The molecule has 1 unspecified atom stereocenters. The van der Waals surface area contributed by atoms with Crippen LogP contribution >= 0.6 is 10.7 Å². The number of hydrogen-bond acceptors (Lipinski definition) is 4. The van der Waals surface area contributed by atoms with E-state index in [4.69, 9.17) is 15.4 Å². The van der Waals surface area contributed by atoms with E-state index in [1.54, 1.807) is 6.92 Å². The monoisotopic (exact) mass is 341 g/mol. The summed E-state index contributed by atoms with van der Waals surface area (Å²) in [7, 11) is 1.99. The van der Waals surface area contributed by atoms with Crippen LogP contribution in [0.3, 0.4) is 0 Å². The minimum Gasteiger partial charge on any atom is -0.385 e. The normalized spacial score (nSPS) is 13.0. The molecule has 0 aromatic heterocycles. The van der Waals surface area contributed by atoms with Gasteiger partial charge in [-0.15, -0.1) is 0 Å². The van der Waals surface area contributed by atoms with E-state index >= 15 is 0 Å². The van der Waals surface area contributed by atoms with Crippen molar-refractivity contribution in [3.63, 3.8) is 0 Å². The van der Waals surface area contributed by atoms with Gasteiger partial charge in [0.1, 0.15) is 10.7 Å². The molecule has 118 valence electrons. The maximum atomic E-state index is 14.0. The number of carbonyl (C=O) groups is 1. The fourth-order valence-corrected chi connectivity index (χ4v) is 2.49. The van der Waals surface area contributed by atoms with Crippen LogP contribution in [0.1, 0.15) is 23.7 Å². The standard InChI is InChI=1S/C12H14ClF2NO4S/c1-7(3-4-20-2)16-12(17)9-5-8(14)6-10(11(9)15)21(13,18)19/h5-7H,3-4H2,1-2H3,(H,16,17). The summed E-state index contributed by atoms with van der Waals surface area (Å²) in [5.74, 6) is -3.40. The Balaban J connectivity index is 3.08. The van der Waals surface area contributed by atoms with Gasteiger partial charge in [-0.25, -0.2) is 17.2 Å². The molecule has 1 aromatic rings. The van der Waals surface area contributed by atoms with Crippen molar-refractivity contribution in [2.75, 3.05) is 13.7 Å². The molecule has 21 heavy (non-hydrogen) atoms. The summed E-state index contributed by atoms with van der Waals surface area (Å²) in [5, 5.41) is 2.41. The predicted octanol–water partition coefficient (Wildman–Crippen LogP) is 2.05. The first kappa shape index (κ1) is 17.8. The second-order valence-corrected chi connectivity index (χ2v) is 6.89. The number of benzene rings is 1. The molecule has 0 radical (unpaired) electrons. The summed E-state index contributed by atoms with van der Waals surface area (Å²) >= 11 is 0. The first-order chi connectivity index (χ1) is 9.66. The lowest BCUT2D eigenvalue weighted by atomic mass is 10.1. The van der Waals surface area contributed by atoms with E-state index in [9.17, 15) is 22.0 Å². The van der Waals surface area contributed by atoms with E-state index in [0.717, 1.165) is 0 Å². The number of rotatable bonds is 6. The van der Waals surface area contributed by atoms with Crippen LogP contribution in [0.4, 0.5) is 8.78 Å². The Kier molecular flexibility index (Phi) is 6.06. The number of amides is 1. The van der Waals surface area contributed by atoms with Gasteiger partial charge >= 0.3 is 0 Å². The number of nitrogens with one attached hydrogen (secondary N) is 1. The lowest BCUT2D eigenvalue weighted by Gasteiger charge is -2.14. The first-order valence-corrected chi connectivity index (χ1v) is 8.21. The Labute approximate surface area is 125 Å². The Morgan fingerprint density at radius 2 is 2.05 bits per heavy atom. The van der Waals surface area contributed by atoms with Crippen molar-refractivity contribution in [2.45, 2.75) is 24.3 Å². The molecule has 0 aliphatic rings. The fourth-order valence-electron chi connectivity index (χ4n) is 1.58. The first-order valence-electron chi connectivity index (χ1n) is 5.90. The molecule has 5 nitrogen and oxygen atoms in total. The van der Waals surface area contributed by atoms with Crippen LogP contribution in [-0.2, 0) is 13.8 Å². The highest BCUT2D eigenvalue weighted by Crippen LogP contribution is 2.23. The van der Waals surface area contributed by atoms with E-state index in [1.165, 1.54) is 7.11 Å². The van der Waals surface area contributed by atoms with Crippen molar-refractivity contribution in [2.24, 2.45) is 0 Å². The molecule has 1 aromatic carbocycles. The Hall–Kier alpha value is -1.25. The van der Waals surface area contributed by atoms with Crippen molar-refractivity contribution in [1.82, 2.24) is 5.32 Å². The van der Waals surface area contributed by atoms with Gasteiger partial charge in [-0.05, 0) is 25.5 Å². The average molecular weight is 342 g/mol. The predicted molar refractivity (Wildman–Crippen MR) is 72.8 cm³/mol. The highest BCUT2D eigenvalue weighted by molar-refractivity contribution is 8.13. The molecule has 0 bridgehead atoms. The molecule has 9 heteroatoms. The van der Waals surface area contributed by atoms with Gasteiger partial charge in [0.2, 0.25) is 0 Å². The molecule has 1 atom stereocenters. The second kappa shape index (κ2) is 7.15. The van der Waals surface area contributed by atoms with E-state index < -0.39 is 37.1 Å². The lowest BCUT2D eigenvalue weighted by molar-refractivity contribution is 0.0924. The van der Waals surface area contributed by atoms with Crippen molar-refractivity contribution in [1.29, 1.82) is 0 Å². The van der Waals surface area contributed by atoms with E-state index in [-0.39, 0.29) is 6.04 Å². The molecule has 1 rings (SSSR count). The number of methoxy groups -OCH3 is 1. The minimum atomic E-state index is -4.50. The van der Waals surface area contributed by atoms with Crippen LogP contribution in [0.5, 0.6) is 0 Å². The third kappa shape index (κ3) is 4.90. The van der Waals surface area contributed by atoms with Gasteiger partial charge in [0, 0.05) is 30.4 Å². The molecular weight excluding hydrogens is 328 g/mol. The molecule has 0 heterocycles. The fraction of sp³-hybridized carbons (Fsp3) is 0.417. The molecule has 1 N–H and O–H groups in total. The molecule has 0 saturated heterocycles. The zero-order chi connectivity index (χ0) is 16.2. The second-order valence-electron chi connectivity index (χ2n) is 4.36. The number of carbonyl (C=O) groups excluding carboxylic acids is 1. The zero-order valence-corrected chi connectivity index (χ0v) is 12.9. The summed E-state index contributed by atoms with van der Waals surface area (Å²) < 4.78 is 54.5. The van der Waals surface area contributed by atoms with E-state index in [2.05, 4.69) is 5.32 Å². The van der Waals surface area contributed by atoms with E-state index in [1.807, 2.05) is 0 Å². The molecule has 0 fully saturated rings. The van der Waals surface area contributed by atoms with Gasteiger partial charge in [0.25, 0.3) is 15.0 Å². The van der Waals surface area contributed by atoms with Crippen molar-refractivity contribution in [3.05, 3.63) is 29.3 Å². The molecular formula is C12H14ClF2NO4S. The third-order valence-corrected chi connectivity index (χ3v) is 3.96. The highest BCUT2D eigenvalue weighted by atomic mass is 35.7. The van der Waals surface area contributed by atoms with Crippen molar-refractivity contribution < 1.29 is 26.7 Å². The van der Waals surface area contributed by atoms with Crippen molar-refractivity contribution in [3.8, 4) is 0 Å². The van der Waals surface area contributed by atoms with Crippen LogP contribution in [0.2, 0.25) is 0 Å². The van der Waals surface area contributed by atoms with Crippen LogP contribution in [0.15, 0.2) is 17.0 Å². The highest BCUT2D eigenvalue weighted by Gasteiger charge is 2.24. The van der Waals surface area contributed by atoms with Crippen LogP contribution in [0.25, 0.3) is 0 Å². The van der Waals surface area contributed by atoms with Crippen LogP contribution < -0.4 is 5.32 Å². The Bertz CT molecular complexity index is 636. The van der Waals surface area contributed by atoms with Gasteiger partial charge < -0.3 is 10.1 Å². The topological polar surface area (TPSA) is 72.5 Å². The quantitative estimate of drug-likeness (QED) is 0.804. The summed E-state index contributed by atoms with van der Waals surface area (Å²) in [6.07, 6.45) is 0.458. The summed E-state index contributed by atoms with van der Waals surface area (Å²) in [6, 6.07) is 0.665. The van der Waals surface area contributed by atoms with Gasteiger partial charge in [0.05, 0.1) is 5.56 Å². The van der Waals surface area contributed by atoms with Crippen LogP contribution in [0, 0.1) is 11.6 Å².